The Morgan fingerprint density at radius 3 is 1.80 bits per heavy atom. The van der Waals surface area contributed by atoms with E-state index in [0.717, 1.165) is 24.3 Å². The molecule has 20 heavy (non-hydrogen) atoms. The highest BCUT2D eigenvalue weighted by Crippen LogP contribution is 2.30. The van der Waals surface area contributed by atoms with Crippen LogP contribution in [0.25, 0.3) is 0 Å². The van der Waals surface area contributed by atoms with Crippen molar-refractivity contribution < 1.29 is 8.42 Å². The van der Waals surface area contributed by atoms with E-state index in [4.69, 9.17) is 0 Å². The molecule has 0 aliphatic carbocycles. The molecule has 0 fully saturated rings. The van der Waals surface area contributed by atoms with Crippen LogP contribution in [0.4, 0.5) is 0 Å². The summed E-state index contributed by atoms with van der Waals surface area (Å²) in [6.07, 6.45) is 2.06. The molecule has 0 rings (SSSR count). The van der Waals surface area contributed by atoms with Gasteiger partial charge < -0.3 is 0 Å². The molecule has 4 heteroatoms. The van der Waals surface area contributed by atoms with Crippen molar-refractivity contribution in [2.75, 3.05) is 17.3 Å². The minimum absolute atomic E-state index is 0.131. The Morgan fingerprint density at radius 1 is 0.900 bits per heavy atom. The molecule has 0 N–H and O–H groups in total. The highest BCUT2D eigenvalue weighted by atomic mass is 32.2. The van der Waals surface area contributed by atoms with Crippen molar-refractivity contribution in [1.82, 2.24) is 0 Å². The maximum atomic E-state index is 12.3. The van der Waals surface area contributed by atoms with Gasteiger partial charge >= 0.3 is 0 Å². The van der Waals surface area contributed by atoms with E-state index in [-0.39, 0.29) is 11.2 Å². The van der Waals surface area contributed by atoms with Gasteiger partial charge in [-0.15, -0.1) is 0 Å². The van der Waals surface area contributed by atoms with Crippen LogP contribution in [0, 0.1) is 10.8 Å². The molecule has 0 spiro atoms. The fraction of sp³-hybridized carbons (Fsp3) is 1.00. The van der Waals surface area contributed by atoms with Crippen LogP contribution in [0.1, 0.15) is 68.2 Å². The van der Waals surface area contributed by atoms with Crippen molar-refractivity contribution in [2.45, 2.75) is 73.0 Å². The number of hydrogen-bond acceptors (Lipinski definition) is 3. The summed E-state index contributed by atoms with van der Waals surface area (Å²) in [5, 5.41) is 0. The van der Waals surface area contributed by atoms with Gasteiger partial charge in [-0.05, 0) is 55.9 Å². The highest BCUT2D eigenvalue weighted by molar-refractivity contribution is 7.99. The zero-order valence-corrected chi connectivity index (χ0v) is 16.3. The first-order valence-corrected chi connectivity index (χ1v) is 10.3. The van der Waals surface area contributed by atoms with E-state index in [1.165, 1.54) is 0 Å². The second kappa shape index (κ2) is 7.04. The van der Waals surface area contributed by atoms with Gasteiger partial charge in [0, 0.05) is 0 Å². The summed E-state index contributed by atoms with van der Waals surface area (Å²) < 4.78 is 23.9. The largest absolute Gasteiger partial charge is 0.228 e. The van der Waals surface area contributed by atoms with E-state index in [2.05, 4.69) is 34.6 Å². The molecule has 2 nitrogen and oxygen atoms in total. The normalized spacial score (nSPS) is 14.6. The first kappa shape index (κ1) is 20.3. The summed E-state index contributed by atoms with van der Waals surface area (Å²) in [7, 11) is -3.03. The Morgan fingerprint density at radius 2 is 1.40 bits per heavy atom. The SMILES string of the molecule is CC(C)(C)CSCCCC(C)(C)CS(=O)(=O)C(C)(C)C. The third-order valence-corrected chi connectivity index (χ3v) is 7.87. The molecular formula is C16H34O2S2. The molecule has 0 amide bonds. The number of rotatable bonds is 7. The molecule has 0 aromatic heterocycles. The zero-order chi connectivity index (χ0) is 16.2. The summed E-state index contributed by atoms with van der Waals surface area (Å²) in [4.78, 5) is 0. The fourth-order valence-corrected chi connectivity index (χ4v) is 4.55. The maximum absolute atomic E-state index is 12.3. The molecule has 0 aliphatic rings. The van der Waals surface area contributed by atoms with Crippen molar-refractivity contribution >= 4 is 21.6 Å². The first-order valence-electron chi connectivity index (χ1n) is 7.46. The standard InChI is InChI=1S/C16H34O2S2/c1-14(2,3)12-19-11-9-10-16(7,8)13-20(17,18)15(4,5)6/h9-13H2,1-8H3. The van der Waals surface area contributed by atoms with E-state index in [1.807, 2.05) is 11.8 Å². The van der Waals surface area contributed by atoms with Gasteiger partial charge in [0.1, 0.15) is 0 Å². The van der Waals surface area contributed by atoms with Gasteiger partial charge in [-0.3, -0.25) is 0 Å². The van der Waals surface area contributed by atoms with Crippen LogP contribution in [0.5, 0.6) is 0 Å². The van der Waals surface area contributed by atoms with E-state index < -0.39 is 14.6 Å². The molecule has 0 bridgehead atoms. The Hall–Kier alpha value is 0.300. The molecule has 0 heterocycles. The molecule has 0 saturated heterocycles. The molecule has 0 atom stereocenters. The van der Waals surface area contributed by atoms with E-state index in [0.29, 0.717) is 5.41 Å². The van der Waals surface area contributed by atoms with E-state index in [9.17, 15) is 8.42 Å². The van der Waals surface area contributed by atoms with Crippen LogP contribution >= 0.6 is 11.8 Å². The van der Waals surface area contributed by atoms with Gasteiger partial charge in [0.2, 0.25) is 0 Å². The summed E-state index contributed by atoms with van der Waals surface area (Å²) in [5.74, 6) is 2.57. The summed E-state index contributed by atoms with van der Waals surface area (Å²) in [5.41, 5.74) is 0.240. The molecule has 122 valence electrons. The fourth-order valence-electron chi connectivity index (χ4n) is 1.83. The molecule has 0 aromatic carbocycles. The Balaban J connectivity index is 4.22. The third-order valence-electron chi connectivity index (χ3n) is 3.19. The molecule has 0 aliphatic heterocycles. The molecule has 0 saturated carbocycles. The van der Waals surface area contributed by atoms with Gasteiger partial charge in [0.05, 0.1) is 10.5 Å². The van der Waals surface area contributed by atoms with Gasteiger partial charge in [-0.25, -0.2) is 8.42 Å². The Bertz CT molecular complexity index is 382. The van der Waals surface area contributed by atoms with Gasteiger partial charge in [-0.1, -0.05) is 34.6 Å². The molecule has 0 unspecified atom stereocenters. The minimum Gasteiger partial charge on any atom is -0.228 e. The van der Waals surface area contributed by atoms with Crippen LogP contribution in [-0.4, -0.2) is 30.4 Å². The van der Waals surface area contributed by atoms with Gasteiger partial charge in [-0.2, -0.15) is 11.8 Å². The van der Waals surface area contributed by atoms with Crippen molar-refractivity contribution in [3.8, 4) is 0 Å². The average molecular weight is 323 g/mol. The summed E-state index contributed by atoms with van der Waals surface area (Å²) in [6, 6.07) is 0. The van der Waals surface area contributed by atoms with Crippen molar-refractivity contribution in [2.24, 2.45) is 10.8 Å². The smallest absolute Gasteiger partial charge is 0.155 e. The minimum atomic E-state index is -3.03. The van der Waals surface area contributed by atoms with Crippen molar-refractivity contribution in [1.29, 1.82) is 0 Å². The molecule has 0 radical (unpaired) electrons. The molecular weight excluding hydrogens is 288 g/mol. The first-order chi connectivity index (χ1) is 8.66. The average Bonchev–Trinajstić information content (AvgIpc) is 2.10. The van der Waals surface area contributed by atoms with E-state index in [1.54, 1.807) is 20.8 Å². The van der Waals surface area contributed by atoms with Crippen molar-refractivity contribution in [3.63, 3.8) is 0 Å². The van der Waals surface area contributed by atoms with Crippen molar-refractivity contribution in [3.05, 3.63) is 0 Å². The van der Waals surface area contributed by atoms with Crippen LogP contribution < -0.4 is 0 Å². The monoisotopic (exact) mass is 322 g/mol. The topological polar surface area (TPSA) is 34.1 Å². The summed E-state index contributed by atoms with van der Waals surface area (Å²) in [6.45, 7) is 16.3. The zero-order valence-electron chi connectivity index (χ0n) is 14.7. The lowest BCUT2D eigenvalue weighted by Gasteiger charge is -2.29. The Labute approximate surface area is 131 Å². The predicted octanol–water partition coefficient (Wildman–Crippen LogP) is 4.79. The lowest BCUT2D eigenvalue weighted by molar-refractivity contribution is 0.371. The number of sulfone groups is 1. The third kappa shape index (κ3) is 8.56. The van der Waals surface area contributed by atoms with E-state index >= 15 is 0 Å². The number of thioether (sulfide) groups is 1. The lowest BCUT2D eigenvalue weighted by atomic mass is 9.91. The van der Waals surface area contributed by atoms with Crippen LogP contribution in [-0.2, 0) is 9.84 Å². The van der Waals surface area contributed by atoms with Crippen LogP contribution in [0.3, 0.4) is 0 Å². The molecule has 0 aromatic rings. The van der Waals surface area contributed by atoms with Gasteiger partial charge in [0.25, 0.3) is 0 Å². The predicted molar refractivity (Wildman–Crippen MR) is 93.3 cm³/mol. The van der Waals surface area contributed by atoms with Crippen LogP contribution in [0.2, 0.25) is 0 Å². The second-order valence-electron chi connectivity index (χ2n) is 8.75. The summed E-state index contributed by atoms with van der Waals surface area (Å²) >= 11 is 1.97. The maximum Gasteiger partial charge on any atom is 0.155 e. The van der Waals surface area contributed by atoms with Gasteiger partial charge in [0.15, 0.2) is 9.84 Å². The lowest BCUT2D eigenvalue weighted by Crippen LogP contribution is -2.36. The second-order valence-corrected chi connectivity index (χ2v) is 12.6. The number of hydrogen-bond donors (Lipinski definition) is 0. The van der Waals surface area contributed by atoms with Crippen LogP contribution in [0.15, 0.2) is 0 Å². The Kier molecular flexibility index (Phi) is 7.15. The quantitative estimate of drug-likeness (QED) is 0.632. The highest BCUT2D eigenvalue weighted by Gasteiger charge is 2.34.